The normalized spacial score (nSPS) is 11.7. The highest BCUT2D eigenvalue weighted by Gasteiger charge is 2.12. The highest BCUT2D eigenvalue weighted by Crippen LogP contribution is 2.29. The van der Waals surface area contributed by atoms with Gasteiger partial charge in [-0.1, -0.05) is 19.0 Å². The molecule has 2 rings (SSSR count). The van der Waals surface area contributed by atoms with E-state index >= 15 is 0 Å². The minimum Gasteiger partial charge on any atom is -0.368 e. The summed E-state index contributed by atoms with van der Waals surface area (Å²) in [7, 11) is 0. The van der Waals surface area contributed by atoms with Crippen LogP contribution in [0.4, 0.5) is 11.9 Å². The van der Waals surface area contributed by atoms with Gasteiger partial charge in [0.15, 0.2) is 0 Å². The van der Waals surface area contributed by atoms with Gasteiger partial charge < -0.3 is 11.1 Å². The summed E-state index contributed by atoms with van der Waals surface area (Å²) in [6, 6.07) is 1.90. The van der Waals surface area contributed by atoms with E-state index in [1.54, 1.807) is 18.3 Å². The highest BCUT2D eigenvalue weighted by molar-refractivity contribution is 7.10. The average molecular weight is 286 g/mol. The third-order valence-electron chi connectivity index (χ3n) is 2.15. The standard InChI is InChI=1S/C10H12ClN5S.CH4/c1-5(8-7(11)3-4-17-8)13-10-15-6(2)14-9(12)16-10;/h3-5H,1-2H3,(H3,12,13,14,15,16);1H4. The van der Waals surface area contributed by atoms with Gasteiger partial charge in [-0.2, -0.15) is 15.0 Å². The molecule has 0 bridgehead atoms. The Bertz CT molecular complexity index is 508. The Balaban J connectivity index is 0.00000162. The van der Waals surface area contributed by atoms with E-state index in [4.69, 9.17) is 17.3 Å². The molecule has 0 spiro atoms. The number of nitrogens with one attached hydrogen (secondary N) is 1. The molecule has 0 fully saturated rings. The van der Waals surface area contributed by atoms with Gasteiger partial charge in [-0.25, -0.2) is 0 Å². The van der Waals surface area contributed by atoms with Crippen LogP contribution < -0.4 is 11.1 Å². The van der Waals surface area contributed by atoms with Crippen LogP contribution >= 0.6 is 22.9 Å². The summed E-state index contributed by atoms with van der Waals surface area (Å²) >= 11 is 7.64. The molecule has 0 aromatic carbocycles. The van der Waals surface area contributed by atoms with Gasteiger partial charge in [0.1, 0.15) is 5.82 Å². The summed E-state index contributed by atoms with van der Waals surface area (Å²) < 4.78 is 0. The molecule has 3 N–H and O–H groups in total. The molecule has 1 atom stereocenters. The van der Waals surface area contributed by atoms with Crippen LogP contribution in [0.2, 0.25) is 5.02 Å². The van der Waals surface area contributed by atoms with E-state index in [9.17, 15) is 0 Å². The van der Waals surface area contributed by atoms with Gasteiger partial charge in [0.2, 0.25) is 11.9 Å². The summed E-state index contributed by atoms with van der Waals surface area (Å²) in [5.74, 6) is 1.26. The molecule has 0 aliphatic carbocycles. The highest BCUT2D eigenvalue weighted by atomic mass is 35.5. The van der Waals surface area contributed by atoms with Gasteiger partial charge >= 0.3 is 0 Å². The summed E-state index contributed by atoms with van der Waals surface area (Å²) in [5, 5.41) is 5.84. The first-order chi connectivity index (χ1) is 8.06. The first kappa shape index (κ1) is 14.7. The first-order valence-electron chi connectivity index (χ1n) is 5.04. The lowest BCUT2D eigenvalue weighted by Gasteiger charge is -2.13. The first-order valence-corrected chi connectivity index (χ1v) is 6.29. The quantitative estimate of drug-likeness (QED) is 0.905. The monoisotopic (exact) mass is 285 g/mol. The molecule has 0 saturated carbocycles. The lowest BCUT2D eigenvalue weighted by Crippen LogP contribution is -2.11. The fraction of sp³-hybridized carbons (Fsp3) is 0.364. The van der Waals surface area contributed by atoms with Crippen molar-refractivity contribution in [2.45, 2.75) is 27.3 Å². The van der Waals surface area contributed by atoms with Gasteiger partial charge in [-0.3, -0.25) is 0 Å². The number of nitrogen functional groups attached to an aromatic ring is 1. The van der Waals surface area contributed by atoms with Crippen LogP contribution in [0.3, 0.4) is 0 Å². The Kier molecular flexibility index (Phi) is 4.86. The summed E-state index contributed by atoms with van der Waals surface area (Å²) in [6.07, 6.45) is 0. The second-order valence-electron chi connectivity index (χ2n) is 3.56. The van der Waals surface area contributed by atoms with Crippen molar-refractivity contribution in [1.29, 1.82) is 0 Å². The average Bonchev–Trinajstić information content (AvgIpc) is 2.62. The molecule has 0 aliphatic heterocycles. The van der Waals surface area contributed by atoms with Crippen LogP contribution in [0.5, 0.6) is 0 Å². The van der Waals surface area contributed by atoms with E-state index in [1.165, 1.54) is 0 Å². The van der Waals surface area contributed by atoms with Crippen molar-refractivity contribution >= 4 is 34.8 Å². The minimum absolute atomic E-state index is 0. The number of aryl methyl sites for hydroxylation is 1. The molecule has 2 aromatic rings. The third-order valence-corrected chi connectivity index (χ3v) is 3.69. The van der Waals surface area contributed by atoms with Crippen LogP contribution in [-0.4, -0.2) is 15.0 Å². The number of thiophene rings is 1. The van der Waals surface area contributed by atoms with E-state index in [0.717, 1.165) is 9.90 Å². The Morgan fingerprint density at radius 1 is 1.39 bits per heavy atom. The number of nitrogens with zero attached hydrogens (tertiary/aromatic N) is 3. The fourth-order valence-corrected chi connectivity index (χ4v) is 2.67. The molecule has 7 heteroatoms. The summed E-state index contributed by atoms with van der Waals surface area (Å²) in [5.41, 5.74) is 5.56. The number of anilines is 2. The van der Waals surface area contributed by atoms with Gasteiger partial charge in [0, 0.05) is 4.88 Å². The summed E-state index contributed by atoms with van der Waals surface area (Å²) in [6.45, 7) is 3.76. The number of halogens is 1. The molecule has 2 aromatic heterocycles. The van der Waals surface area contributed by atoms with Crippen molar-refractivity contribution in [3.63, 3.8) is 0 Å². The number of aromatic nitrogens is 3. The minimum atomic E-state index is 0. The molecule has 98 valence electrons. The van der Waals surface area contributed by atoms with E-state index in [1.807, 2.05) is 18.4 Å². The van der Waals surface area contributed by atoms with E-state index in [0.29, 0.717) is 11.8 Å². The molecule has 1 unspecified atom stereocenters. The van der Waals surface area contributed by atoms with Crippen LogP contribution in [0.1, 0.15) is 31.1 Å². The molecular formula is C11H16ClN5S. The van der Waals surface area contributed by atoms with Crippen molar-refractivity contribution in [2.24, 2.45) is 0 Å². The predicted octanol–water partition coefficient (Wildman–Crippen LogP) is 3.29. The number of hydrogen-bond donors (Lipinski definition) is 2. The zero-order valence-corrected chi connectivity index (χ0v) is 11.0. The SMILES string of the molecule is C.Cc1nc(N)nc(NC(C)c2sccc2Cl)n1. The zero-order chi connectivity index (χ0) is 12.4. The Labute approximate surface area is 115 Å². The van der Waals surface area contributed by atoms with Gasteiger partial charge in [0.05, 0.1) is 11.1 Å². The van der Waals surface area contributed by atoms with E-state index in [-0.39, 0.29) is 19.4 Å². The lowest BCUT2D eigenvalue weighted by molar-refractivity contribution is 0.864. The molecule has 0 amide bonds. The second-order valence-corrected chi connectivity index (χ2v) is 4.92. The topological polar surface area (TPSA) is 76.7 Å². The van der Waals surface area contributed by atoms with E-state index < -0.39 is 0 Å². The molecular weight excluding hydrogens is 270 g/mol. The molecule has 0 saturated heterocycles. The molecule has 0 aliphatic rings. The smallest absolute Gasteiger partial charge is 0.228 e. The number of rotatable bonds is 3. The van der Waals surface area contributed by atoms with Crippen LogP contribution in [0.15, 0.2) is 11.4 Å². The Hall–Kier alpha value is -1.40. The van der Waals surface area contributed by atoms with Crippen LogP contribution in [-0.2, 0) is 0 Å². The van der Waals surface area contributed by atoms with Crippen molar-refractivity contribution in [3.05, 3.63) is 27.2 Å². The maximum absolute atomic E-state index is 6.06. The van der Waals surface area contributed by atoms with Gasteiger partial charge in [0.25, 0.3) is 0 Å². The molecule has 0 radical (unpaired) electrons. The van der Waals surface area contributed by atoms with Gasteiger partial charge in [-0.05, 0) is 25.3 Å². The fourth-order valence-electron chi connectivity index (χ4n) is 1.44. The molecule has 5 nitrogen and oxygen atoms in total. The predicted molar refractivity (Wildman–Crippen MR) is 77.1 cm³/mol. The maximum Gasteiger partial charge on any atom is 0.228 e. The van der Waals surface area contributed by atoms with Crippen molar-refractivity contribution in [3.8, 4) is 0 Å². The van der Waals surface area contributed by atoms with Crippen molar-refractivity contribution < 1.29 is 0 Å². The lowest BCUT2D eigenvalue weighted by atomic mass is 10.3. The summed E-state index contributed by atoms with van der Waals surface area (Å²) in [4.78, 5) is 13.1. The Morgan fingerprint density at radius 3 is 2.67 bits per heavy atom. The van der Waals surface area contributed by atoms with Crippen LogP contribution in [0.25, 0.3) is 0 Å². The number of nitrogens with two attached hydrogens (primary N) is 1. The second kappa shape index (κ2) is 5.97. The molecule has 2 heterocycles. The largest absolute Gasteiger partial charge is 0.368 e. The van der Waals surface area contributed by atoms with Crippen molar-refractivity contribution in [1.82, 2.24) is 15.0 Å². The van der Waals surface area contributed by atoms with Crippen LogP contribution in [0, 0.1) is 6.92 Å². The third kappa shape index (κ3) is 3.30. The number of hydrogen-bond acceptors (Lipinski definition) is 6. The van der Waals surface area contributed by atoms with Crippen molar-refractivity contribution in [2.75, 3.05) is 11.1 Å². The van der Waals surface area contributed by atoms with Gasteiger partial charge in [-0.15, -0.1) is 11.3 Å². The maximum atomic E-state index is 6.06. The molecule has 18 heavy (non-hydrogen) atoms. The zero-order valence-electron chi connectivity index (χ0n) is 9.44. The van der Waals surface area contributed by atoms with E-state index in [2.05, 4.69) is 20.3 Å². The Morgan fingerprint density at radius 2 is 2.11 bits per heavy atom.